The maximum Gasteiger partial charge on any atom is 0.162 e. The highest BCUT2D eigenvalue weighted by Crippen LogP contribution is 2.33. The number of ether oxygens (including phenoxy) is 2. The third-order valence-electron chi connectivity index (χ3n) is 3.21. The van der Waals surface area contributed by atoms with Crippen LogP contribution >= 0.6 is 23.2 Å². The first kappa shape index (κ1) is 15.8. The molecule has 0 fully saturated rings. The lowest BCUT2D eigenvalue weighted by Gasteiger charge is -2.15. The van der Waals surface area contributed by atoms with Gasteiger partial charge in [-0.1, -0.05) is 29.3 Å². The molecule has 0 radical (unpaired) electrons. The average Bonchev–Trinajstić information content (AvgIpc) is 2.47. The maximum absolute atomic E-state index is 6.17. The summed E-state index contributed by atoms with van der Waals surface area (Å²) < 4.78 is 10.6. The van der Waals surface area contributed by atoms with E-state index in [1.165, 1.54) is 0 Å². The van der Waals surface area contributed by atoms with Gasteiger partial charge in [-0.25, -0.2) is 0 Å². The Bertz CT molecular complexity index is 644. The molecule has 112 valence electrons. The summed E-state index contributed by atoms with van der Waals surface area (Å²) in [5.74, 6) is 1.40. The Morgan fingerprint density at radius 3 is 2.29 bits per heavy atom. The fraction of sp³-hybridized carbons (Fsp3) is 0.250. The van der Waals surface area contributed by atoms with Crippen molar-refractivity contribution < 1.29 is 9.47 Å². The highest BCUT2D eigenvalue weighted by Gasteiger charge is 2.09. The highest BCUT2D eigenvalue weighted by molar-refractivity contribution is 6.35. The molecular formula is C16H17Cl2NO2. The molecule has 0 amide bonds. The third kappa shape index (κ3) is 3.74. The van der Waals surface area contributed by atoms with Gasteiger partial charge in [-0.05, 0) is 36.2 Å². The van der Waals surface area contributed by atoms with Crippen LogP contribution in [0.15, 0.2) is 30.3 Å². The van der Waals surface area contributed by atoms with Crippen LogP contribution in [0.25, 0.3) is 0 Å². The molecule has 0 atom stereocenters. The van der Waals surface area contributed by atoms with Crippen LogP contribution in [0.4, 0.5) is 5.69 Å². The Morgan fingerprint density at radius 2 is 1.67 bits per heavy atom. The van der Waals surface area contributed by atoms with Crippen molar-refractivity contribution >= 4 is 28.9 Å². The minimum Gasteiger partial charge on any atom is -0.493 e. The van der Waals surface area contributed by atoms with Crippen LogP contribution in [0.5, 0.6) is 11.5 Å². The first-order valence-electron chi connectivity index (χ1n) is 6.45. The number of hydrogen-bond acceptors (Lipinski definition) is 3. The zero-order valence-corrected chi connectivity index (χ0v) is 13.7. The molecule has 2 rings (SSSR count). The number of methoxy groups -OCH3 is 2. The second kappa shape index (κ2) is 6.92. The van der Waals surface area contributed by atoms with Gasteiger partial charge in [0.05, 0.1) is 14.2 Å². The molecule has 0 unspecified atom stereocenters. The minimum atomic E-state index is 0.603. The van der Waals surface area contributed by atoms with Gasteiger partial charge >= 0.3 is 0 Å². The molecule has 0 aliphatic carbocycles. The molecule has 1 N–H and O–H groups in total. The van der Waals surface area contributed by atoms with Crippen molar-refractivity contribution in [2.24, 2.45) is 0 Å². The van der Waals surface area contributed by atoms with E-state index in [4.69, 9.17) is 32.7 Å². The van der Waals surface area contributed by atoms with Crippen molar-refractivity contribution in [3.05, 3.63) is 51.5 Å². The molecule has 0 saturated carbocycles. The Morgan fingerprint density at radius 1 is 1.00 bits per heavy atom. The summed E-state index contributed by atoms with van der Waals surface area (Å²) in [7, 11) is 3.24. The number of rotatable bonds is 5. The second-order valence-electron chi connectivity index (χ2n) is 4.61. The number of hydrogen-bond donors (Lipinski definition) is 1. The van der Waals surface area contributed by atoms with E-state index in [2.05, 4.69) is 5.32 Å². The van der Waals surface area contributed by atoms with Crippen LogP contribution in [0.2, 0.25) is 10.0 Å². The Labute approximate surface area is 134 Å². The highest BCUT2D eigenvalue weighted by atomic mass is 35.5. The van der Waals surface area contributed by atoms with Crippen molar-refractivity contribution in [1.29, 1.82) is 0 Å². The monoisotopic (exact) mass is 325 g/mol. The third-order valence-corrected chi connectivity index (χ3v) is 3.80. The molecule has 3 nitrogen and oxygen atoms in total. The van der Waals surface area contributed by atoms with Gasteiger partial charge in [0.1, 0.15) is 0 Å². The normalized spacial score (nSPS) is 10.3. The van der Waals surface area contributed by atoms with Crippen LogP contribution < -0.4 is 14.8 Å². The van der Waals surface area contributed by atoms with Crippen molar-refractivity contribution in [2.75, 3.05) is 19.5 Å². The van der Waals surface area contributed by atoms with E-state index in [9.17, 15) is 0 Å². The lowest BCUT2D eigenvalue weighted by atomic mass is 10.1. The van der Waals surface area contributed by atoms with Crippen molar-refractivity contribution in [3.63, 3.8) is 0 Å². The molecular weight excluding hydrogens is 309 g/mol. The van der Waals surface area contributed by atoms with Gasteiger partial charge in [0.25, 0.3) is 0 Å². The van der Waals surface area contributed by atoms with Gasteiger partial charge in [-0.2, -0.15) is 0 Å². The number of halogens is 2. The Hall–Kier alpha value is -1.58. The van der Waals surface area contributed by atoms with Gasteiger partial charge in [0.2, 0.25) is 0 Å². The topological polar surface area (TPSA) is 30.5 Å². The second-order valence-corrected chi connectivity index (χ2v) is 5.46. The summed E-state index contributed by atoms with van der Waals surface area (Å²) in [4.78, 5) is 0. The van der Waals surface area contributed by atoms with Crippen LogP contribution in [-0.4, -0.2) is 14.2 Å². The fourth-order valence-corrected chi connectivity index (χ4v) is 2.50. The van der Waals surface area contributed by atoms with Gasteiger partial charge < -0.3 is 14.8 Å². The summed E-state index contributed by atoms with van der Waals surface area (Å²) in [5, 5.41) is 4.63. The molecule has 0 heterocycles. The van der Waals surface area contributed by atoms with Gasteiger partial charge in [-0.3, -0.25) is 0 Å². The summed E-state index contributed by atoms with van der Waals surface area (Å²) in [5.41, 5.74) is 3.02. The van der Waals surface area contributed by atoms with Gasteiger partial charge in [0, 0.05) is 28.3 Å². The molecule has 0 saturated heterocycles. The molecule has 2 aromatic carbocycles. The zero-order chi connectivity index (χ0) is 15.4. The number of anilines is 1. The molecule has 0 aliphatic rings. The zero-order valence-electron chi connectivity index (χ0n) is 12.2. The summed E-state index contributed by atoms with van der Waals surface area (Å²) in [6.45, 7) is 2.61. The SMILES string of the molecule is COc1cc(C)c(NCc2ccc(Cl)cc2Cl)cc1OC. The molecule has 0 bridgehead atoms. The van der Waals surface area contributed by atoms with E-state index in [1.54, 1.807) is 20.3 Å². The van der Waals surface area contributed by atoms with E-state index in [1.807, 2.05) is 31.2 Å². The van der Waals surface area contributed by atoms with Crippen molar-refractivity contribution in [3.8, 4) is 11.5 Å². The van der Waals surface area contributed by atoms with E-state index < -0.39 is 0 Å². The quantitative estimate of drug-likeness (QED) is 0.845. The van der Waals surface area contributed by atoms with Crippen molar-refractivity contribution in [2.45, 2.75) is 13.5 Å². The van der Waals surface area contributed by atoms with Crippen molar-refractivity contribution in [1.82, 2.24) is 0 Å². The summed E-state index contributed by atoms with van der Waals surface area (Å²) >= 11 is 12.1. The predicted molar refractivity (Wildman–Crippen MR) is 88.1 cm³/mol. The Kier molecular flexibility index (Phi) is 5.21. The summed E-state index contributed by atoms with van der Waals surface area (Å²) in [6.07, 6.45) is 0. The lowest BCUT2D eigenvalue weighted by Crippen LogP contribution is -2.03. The molecule has 21 heavy (non-hydrogen) atoms. The molecule has 5 heteroatoms. The maximum atomic E-state index is 6.17. The minimum absolute atomic E-state index is 0.603. The van der Waals surface area contributed by atoms with Gasteiger partial charge in [0.15, 0.2) is 11.5 Å². The predicted octanol–water partition coefficient (Wildman–Crippen LogP) is 4.93. The number of aryl methyl sites for hydroxylation is 1. The lowest BCUT2D eigenvalue weighted by molar-refractivity contribution is 0.355. The van der Waals surface area contributed by atoms with E-state index in [-0.39, 0.29) is 0 Å². The molecule has 0 aromatic heterocycles. The van der Waals surface area contributed by atoms with Crippen LogP contribution in [0.1, 0.15) is 11.1 Å². The van der Waals surface area contributed by atoms with E-state index in [0.717, 1.165) is 16.8 Å². The molecule has 0 spiro atoms. The fourth-order valence-electron chi connectivity index (χ4n) is 2.03. The van der Waals surface area contributed by atoms with E-state index >= 15 is 0 Å². The van der Waals surface area contributed by atoms with Gasteiger partial charge in [-0.15, -0.1) is 0 Å². The average molecular weight is 326 g/mol. The number of nitrogens with one attached hydrogen (secondary N) is 1. The molecule has 0 aliphatic heterocycles. The smallest absolute Gasteiger partial charge is 0.162 e. The first-order valence-corrected chi connectivity index (χ1v) is 7.21. The first-order chi connectivity index (χ1) is 10.0. The van der Waals surface area contributed by atoms with Crippen LogP contribution in [0, 0.1) is 6.92 Å². The molecule has 2 aromatic rings. The standard InChI is InChI=1S/C16H17Cl2NO2/c1-10-6-15(20-2)16(21-3)8-14(10)19-9-11-4-5-12(17)7-13(11)18/h4-8,19H,9H2,1-3H3. The van der Waals surface area contributed by atoms with Crippen LogP contribution in [-0.2, 0) is 6.54 Å². The van der Waals surface area contributed by atoms with E-state index in [0.29, 0.717) is 28.1 Å². The number of benzene rings is 2. The summed E-state index contributed by atoms with van der Waals surface area (Å²) in [6, 6.07) is 9.32. The Balaban J connectivity index is 2.19. The largest absolute Gasteiger partial charge is 0.493 e. The van der Waals surface area contributed by atoms with Crippen LogP contribution in [0.3, 0.4) is 0 Å².